The maximum atomic E-state index is 7.50. The van der Waals surface area contributed by atoms with E-state index in [1.54, 1.807) is 6.92 Å². The van der Waals surface area contributed by atoms with Gasteiger partial charge in [0.05, 0.1) is 0 Å². The summed E-state index contributed by atoms with van der Waals surface area (Å²) in [6.45, 7) is 9.82. The maximum absolute atomic E-state index is 7.50. The Bertz CT molecular complexity index is 190. The Hall–Kier alpha value is -0.790. The van der Waals surface area contributed by atoms with Crippen LogP contribution in [0.4, 0.5) is 0 Å². The zero-order valence-electron chi connectivity index (χ0n) is 8.08. The summed E-state index contributed by atoms with van der Waals surface area (Å²) in [7, 11) is 0. The zero-order valence-corrected chi connectivity index (χ0v) is 8.08. The second kappa shape index (κ2) is 3.07. The highest BCUT2D eigenvalue weighted by molar-refractivity contribution is 5.97. The molecule has 11 heavy (non-hydrogen) atoms. The van der Waals surface area contributed by atoms with Gasteiger partial charge >= 0.3 is 0 Å². The molecule has 0 fully saturated rings. The summed E-state index contributed by atoms with van der Waals surface area (Å²) in [6.07, 6.45) is 0. The molecule has 0 spiro atoms. The summed E-state index contributed by atoms with van der Waals surface area (Å²) in [4.78, 5) is 0. The number of allylic oxidation sites excluding steroid dienone is 2. The van der Waals surface area contributed by atoms with Gasteiger partial charge in [-0.25, -0.2) is 0 Å². The molecule has 0 amide bonds. The van der Waals surface area contributed by atoms with E-state index in [9.17, 15) is 0 Å². The van der Waals surface area contributed by atoms with Crippen LogP contribution in [0.5, 0.6) is 0 Å². The largest absolute Gasteiger partial charge is 0.402 e. The van der Waals surface area contributed by atoms with Crippen molar-refractivity contribution in [3.8, 4) is 0 Å². The van der Waals surface area contributed by atoms with E-state index >= 15 is 0 Å². The van der Waals surface area contributed by atoms with Crippen molar-refractivity contribution in [1.29, 1.82) is 5.41 Å². The quantitative estimate of drug-likeness (QED) is 0.559. The molecule has 2 nitrogen and oxygen atoms in total. The molecule has 0 saturated heterocycles. The Morgan fingerprint density at radius 3 is 1.55 bits per heavy atom. The average molecular weight is 154 g/mol. The normalized spacial score (nSPS) is 14.3. The molecule has 3 N–H and O–H groups in total. The summed E-state index contributed by atoms with van der Waals surface area (Å²) < 4.78 is 0. The molecule has 0 rings (SSSR count). The lowest BCUT2D eigenvalue weighted by molar-refractivity contribution is 0.518. The second-order valence-corrected chi connectivity index (χ2v) is 3.93. The van der Waals surface area contributed by atoms with Crippen molar-refractivity contribution in [2.24, 2.45) is 11.1 Å². The SMILES string of the molecule is CC(=N)/C(=C(/C)N)C(C)(C)C. The third-order valence-corrected chi connectivity index (χ3v) is 1.52. The van der Waals surface area contributed by atoms with Crippen LogP contribution in [0, 0.1) is 10.8 Å². The summed E-state index contributed by atoms with van der Waals surface area (Å²) in [5.41, 5.74) is 7.93. The van der Waals surface area contributed by atoms with Crippen molar-refractivity contribution in [3.63, 3.8) is 0 Å². The summed E-state index contributed by atoms with van der Waals surface area (Å²) in [6, 6.07) is 0. The monoisotopic (exact) mass is 154 g/mol. The van der Waals surface area contributed by atoms with Gasteiger partial charge in [-0.05, 0) is 24.8 Å². The summed E-state index contributed by atoms with van der Waals surface area (Å²) >= 11 is 0. The second-order valence-electron chi connectivity index (χ2n) is 3.93. The zero-order chi connectivity index (χ0) is 9.23. The van der Waals surface area contributed by atoms with Crippen molar-refractivity contribution in [1.82, 2.24) is 0 Å². The Morgan fingerprint density at radius 1 is 1.18 bits per heavy atom. The van der Waals surface area contributed by atoms with E-state index in [1.807, 2.05) is 6.92 Å². The lowest BCUT2D eigenvalue weighted by Crippen LogP contribution is -2.19. The van der Waals surface area contributed by atoms with E-state index in [4.69, 9.17) is 11.1 Å². The van der Waals surface area contributed by atoms with Gasteiger partial charge in [0.15, 0.2) is 0 Å². The highest BCUT2D eigenvalue weighted by atomic mass is 14.6. The number of nitrogens with one attached hydrogen (secondary N) is 1. The minimum Gasteiger partial charge on any atom is -0.402 e. The van der Waals surface area contributed by atoms with Crippen molar-refractivity contribution in [2.75, 3.05) is 0 Å². The predicted octanol–water partition coefficient (Wildman–Crippen LogP) is 2.30. The van der Waals surface area contributed by atoms with Crippen molar-refractivity contribution < 1.29 is 0 Å². The Morgan fingerprint density at radius 2 is 1.55 bits per heavy atom. The fourth-order valence-electron chi connectivity index (χ4n) is 1.45. The molecule has 0 aromatic heterocycles. The topological polar surface area (TPSA) is 49.9 Å². The number of hydrogen-bond acceptors (Lipinski definition) is 2. The molecule has 0 unspecified atom stereocenters. The van der Waals surface area contributed by atoms with Crippen LogP contribution in [0.1, 0.15) is 34.6 Å². The summed E-state index contributed by atoms with van der Waals surface area (Å²) in [5.74, 6) is 0. The van der Waals surface area contributed by atoms with Crippen molar-refractivity contribution in [3.05, 3.63) is 11.3 Å². The maximum Gasteiger partial charge on any atom is 0.0337 e. The molecule has 0 bridgehead atoms. The molecular formula is C9H18N2. The third kappa shape index (κ3) is 2.74. The van der Waals surface area contributed by atoms with Gasteiger partial charge in [-0.15, -0.1) is 0 Å². The highest BCUT2D eigenvalue weighted by Crippen LogP contribution is 2.27. The standard InChI is InChI=1S/C9H18N2/c1-6(10)8(7(2)11)9(3,4)5/h10H,11H2,1-5H3/b8-7+,10-6?. The molecule has 0 atom stereocenters. The van der Waals surface area contributed by atoms with E-state index in [2.05, 4.69) is 20.8 Å². The van der Waals surface area contributed by atoms with Gasteiger partial charge in [-0.1, -0.05) is 20.8 Å². The van der Waals surface area contributed by atoms with Gasteiger partial charge in [-0.3, -0.25) is 0 Å². The lowest BCUT2D eigenvalue weighted by Gasteiger charge is -2.23. The van der Waals surface area contributed by atoms with Crippen LogP contribution < -0.4 is 5.73 Å². The van der Waals surface area contributed by atoms with E-state index in [1.165, 1.54) is 0 Å². The van der Waals surface area contributed by atoms with E-state index in [0.29, 0.717) is 5.71 Å². The van der Waals surface area contributed by atoms with Crippen LogP contribution >= 0.6 is 0 Å². The smallest absolute Gasteiger partial charge is 0.0337 e. The van der Waals surface area contributed by atoms with Gasteiger partial charge in [-0.2, -0.15) is 0 Å². The molecular weight excluding hydrogens is 136 g/mol. The van der Waals surface area contributed by atoms with E-state index in [-0.39, 0.29) is 5.41 Å². The summed E-state index contributed by atoms with van der Waals surface area (Å²) in [5, 5.41) is 7.50. The van der Waals surface area contributed by atoms with E-state index in [0.717, 1.165) is 11.3 Å². The predicted molar refractivity (Wildman–Crippen MR) is 49.7 cm³/mol. The Balaban J connectivity index is 4.96. The van der Waals surface area contributed by atoms with Gasteiger partial charge in [0.1, 0.15) is 0 Å². The first kappa shape index (κ1) is 10.2. The highest BCUT2D eigenvalue weighted by Gasteiger charge is 2.20. The molecule has 0 aromatic rings. The molecule has 64 valence electrons. The van der Waals surface area contributed by atoms with Crippen LogP contribution in [0.2, 0.25) is 0 Å². The van der Waals surface area contributed by atoms with Crippen LogP contribution in [-0.4, -0.2) is 5.71 Å². The molecule has 0 aliphatic heterocycles. The molecule has 0 aromatic carbocycles. The number of rotatable bonds is 1. The van der Waals surface area contributed by atoms with E-state index < -0.39 is 0 Å². The lowest BCUT2D eigenvalue weighted by atomic mass is 9.83. The van der Waals surface area contributed by atoms with Gasteiger partial charge in [0.2, 0.25) is 0 Å². The molecule has 0 radical (unpaired) electrons. The molecule has 0 aliphatic rings. The van der Waals surface area contributed by atoms with Crippen LogP contribution in [0.3, 0.4) is 0 Å². The first-order valence-electron chi connectivity index (χ1n) is 3.79. The number of nitrogens with two attached hydrogens (primary N) is 1. The average Bonchev–Trinajstić information content (AvgIpc) is 1.54. The minimum atomic E-state index is -0.00926. The van der Waals surface area contributed by atoms with Gasteiger partial charge in [0.25, 0.3) is 0 Å². The van der Waals surface area contributed by atoms with Gasteiger partial charge in [0, 0.05) is 11.4 Å². The van der Waals surface area contributed by atoms with Gasteiger partial charge < -0.3 is 11.1 Å². The third-order valence-electron chi connectivity index (χ3n) is 1.52. The van der Waals surface area contributed by atoms with Crippen LogP contribution in [0.25, 0.3) is 0 Å². The molecule has 0 saturated carbocycles. The molecule has 2 heteroatoms. The molecule has 0 aliphatic carbocycles. The first-order chi connectivity index (χ1) is 4.76. The number of hydrogen-bond donors (Lipinski definition) is 2. The Kier molecular flexibility index (Phi) is 2.85. The van der Waals surface area contributed by atoms with Crippen LogP contribution in [0.15, 0.2) is 11.3 Å². The fraction of sp³-hybridized carbons (Fsp3) is 0.667. The first-order valence-corrected chi connectivity index (χ1v) is 3.79. The Labute approximate surface area is 69.0 Å². The fourth-order valence-corrected chi connectivity index (χ4v) is 1.45. The minimum absolute atomic E-state index is 0.00926. The van der Waals surface area contributed by atoms with Crippen LogP contribution in [-0.2, 0) is 0 Å². The molecule has 0 heterocycles. The van der Waals surface area contributed by atoms with Crippen molar-refractivity contribution >= 4 is 5.71 Å². The van der Waals surface area contributed by atoms with Crippen molar-refractivity contribution in [2.45, 2.75) is 34.6 Å².